The fraction of sp³-hybridized carbons (Fsp3) is 0.900. The van der Waals surface area contributed by atoms with Gasteiger partial charge in [0.25, 0.3) is 0 Å². The van der Waals surface area contributed by atoms with Gasteiger partial charge in [0.05, 0.1) is 0 Å². The van der Waals surface area contributed by atoms with E-state index in [0.717, 1.165) is 12.8 Å². The molecule has 0 fully saturated rings. The highest BCUT2D eigenvalue weighted by Gasteiger charge is 2.40. The van der Waals surface area contributed by atoms with Gasteiger partial charge in [-0.3, -0.25) is 9.69 Å². The summed E-state index contributed by atoms with van der Waals surface area (Å²) in [5, 5.41) is 9.20. The molecule has 1 unspecified atom stereocenters. The number of rotatable bonds is 6. The molecule has 0 radical (unpaired) electrons. The smallest absolute Gasteiger partial charge is 0.324 e. The predicted octanol–water partition coefficient (Wildman–Crippen LogP) is 0.766. The lowest BCUT2D eigenvalue weighted by Gasteiger charge is -2.37. The summed E-state index contributed by atoms with van der Waals surface area (Å²) in [6.45, 7) is 4.34. The van der Waals surface area contributed by atoms with Gasteiger partial charge in [-0.15, -0.1) is 0 Å². The molecular weight excluding hydrogens is 180 g/mol. The number of nitrogens with zero attached hydrogens (tertiary/aromatic N) is 1. The molecule has 2 atom stereocenters. The van der Waals surface area contributed by atoms with E-state index < -0.39 is 11.5 Å². The minimum absolute atomic E-state index is 0.0959. The van der Waals surface area contributed by atoms with Gasteiger partial charge < -0.3 is 10.8 Å². The minimum atomic E-state index is -0.796. The summed E-state index contributed by atoms with van der Waals surface area (Å²) in [5.74, 6) is -0.675. The van der Waals surface area contributed by atoms with Crippen molar-refractivity contribution in [3.63, 3.8) is 0 Å². The Kier molecular flexibility index (Phi) is 5.08. The number of carboxylic acid groups (broad SMARTS) is 1. The SMILES string of the molecule is CC(CCCN)[C@@](C)(C(=O)O)N(C)C. The van der Waals surface area contributed by atoms with Crippen LogP contribution in [-0.4, -0.2) is 42.2 Å². The lowest BCUT2D eigenvalue weighted by Crippen LogP contribution is -2.53. The molecule has 0 saturated heterocycles. The number of aliphatic carboxylic acids is 1. The van der Waals surface area contributed by atoms with Gasteiger partial charge in [0, 0.05) is 0 Å². The first-order valence-electron chi connectivity index (χ1n) is 4.98. The molecule has 0 bridgehead atoms. The molecule has 0 aliphatic heterocycles. The van der Waals surface area contributed by atoms with Crippen molar-refractivity contribution in [2.75, 3.05) is 20.6 Å². The summed E-state index contributed by atoms with van der Waals surface area (Å²) in [5.41, 5.74) is 4.61. The van der Waals surface area contributed by atoms with E-state index in [1.165, 1.54) is 0 Å². The molecule has 84 valence electrons. The molecule has 0 saturated carbocycles. The van der Waals surface area contributed by atoms with Gasteiger partial charge in [-0.25, -0.2) is 0 Å². The van der Waals surface area contributed by atoms with Crippen molar-refractivity contribution in [1.82, 2.24) is 4.90 Å². The average Bonchev–Trinajstić information content (AvgIpc) is 2.11. The summed E-state index contributed by atoms with van der Waals surface area (Å²) in [6.07, 6.45) is 1.72. The third-order valence-electron chi connectivity index (χ3n) is 3.16. The van der Waals surface area contributed by atoms with Gasteiger partial charge in [-0.2, -0.15) is 0 Å². The second kappa shape index (κ2) is 5.32. The predicted molar refractivity (Wildman–Crippen MR) is 57.2 cm³/mol. The maximum atomic E-state index is 11.2. The maximum Gasteiger partial charge on any atom is 0.324 e. The highest BCUT2D eigenvalue weighted by Crippen LogP contribution is 2.26. The van der Waals surface area contributed by atoms with Crippen LogP contribution in [0.15, 0.2) is 0 Å². The van der Waals surface area contributed by atoms with Crippen molar-refractivity contribution >= 4 is 5.97 Å². The zero-order valence-corrected chi connectivity index (χ0v) is 9.58. The quantitative estimate of drug-likeness (QED) is 0.667. The second-order valence-corrected chi connectivity index (χ2v) is 4.18. The first-order valence-corrected chi connectivity index (χ1v) is 4.98. The molecule has 4 nitrogen and oxygen atoms in total. The zero-order valence-electron chi connectivity index (χ0n) is 9.58. The van der Waals surface area contributed by atoms with Crippen LogP contribution in [0, 0.1) is 5.92 Å². The van der Waals surface area contributed by atoms with E-state index in [2.05, 4.69) is 0 Å². The molecule has 3 N–H and O–H groups in total. The van der Waals surface area contributed by atoms with Crippen LogP contribution >= 0.6 is 0 Å². The lowest BCUT2D eigenvalue weighted by atomic mass is 9.83. The molecule has 4 heteroatoms. The van der Waals surface area contributed by atoms with Crippen LogP contribution in [0.1, 0.15) is 26.7 Å². The first kappa shape index (κ1) is 13.4. The fourth-order valence-electron chi connectivity index (χ4n) is 1.55. The maximum absolute atomic E-state index is 11.2. The molecule has 0 aromatic heterocycles. The molecule has 0 spiro atoms. The molecule has 14 heavy (non-hydrogen) atoms. The van der Waals surface area contributed by atoms with Gasteiger partial charge in [0.1, 0.15) is 5.54 Å². The first-order chi connectivity index (χ1) is 6.37. The van der Waals surface area contributed by atoms with E-state index in [0.29, 0.717) is 6.54 Å². The highest BCUT2D eigenvalue weighted by molar-refractivity contribution is 5.78. The number of carbonyl (C=O) groups is 1. The molecule has 0 aromatic rings. The summed E-state index contributed by atoms with van der Waals surface area (Å²) in [4.78, 5) is 13.0. The van der Waals surface area contributed by atoms with Crippen LogP contribution < -0.4 is 5.73 Å². The van der Waals surface area contributed by atoms with Gasteiger partial charge in [-0.05, 0) is 46.3 Å². The molecular formula is C10H22N2O2. The monoisotopic (exact) mass is 202 g/mol. The topological polar surface area (TPSA) is 66.6 Å². The van der Waals surface area contributed by atoms with Gasteiger partial charge in [-0.1, -0.05) is 6.92 Å². The molecule has 0 rings (SSSR count). The standard InChI is InChI=1S/C10H22N2O2/c1-8(6-5-7-11)10(2,9(13)14)12(3)4/h8H,5-7,11H2,1-4H3,(H,13,14)/t8?,10-/m0/s1. The Labute approximate surface area is 86.1 Å². The van der Waals surface area contributed by atoms with E-state index >= 15 is 0 Å². The Bertz CT molecular complexity index is 195. The Morgan fingerprint density at radius 2 is 2.07 bits per heavy atom. The van der Waals surface area contributed by atoms with Crippen LogP contribution in [0.4, 0.5) is 0 Å². The van der Waals surface area contributed by atoms with Crippen LogP contribution in [0.25, 0.3) is 0 Å². The van der Waals surface area contributed by atoms with Crippen molar-refractivity contribution in [3.05, 3.63) is 0 Å². The van der Waals surface area contributed by atoms with Crippen molar-refractivity contribution in [2.45, 2.75) is 32.2 Å². The normalized spacial score (nSPS) is 17.9. The molecule has 0 heterocycles. The van der Waals surface area contributed by atoms with E-state index in [1.54, 1.807) is 25.9 Å². The zero-order chi connectivity index (χ0) is 11.4. The number of carboxylic acids is 1. The van der Waals surface area contributed by atoms with Crippen LogP contribution in [0.2, 0.25) is 0 Å². The number of likely N-dealkylation sites (N-methyl/N-ethyl adjacent to an activating group) is 1. The molecule has 0 amide bonds. The van der Waals surface area contributed by atoms with Crippen molar-refractivity contribution in [1.29, 1.82) is 0 Å². The van der Waals surface area contributed by atoms with Crippen molar-refractivity contribution in [3.8, 4) is 0 Å². The van der Waals surface area contributed by atoms with Crippen LogP contribution in [0.3, 0.4) is 0 Å². The average molecular weight is 202 g/mol. The number of hydrogen-bond donors (Lipinski definition) is 2. The Balaban J connectivity index is 4.56. The highest BCUT2D eigenvalue weighted by atomic mass is 16.4. The summed E-state index contributed by atoms with van der Waals surface area (Å²) >= 11 is 0. The lowest BCUT2D eigenvalue weighted by molar-refractivity contribution is -0.152. The largest absolute Gasteiger partial charge is 0.480 e. The Morgan fingerprint density at radius 3 is 2.36 bits per heavy atom. The second-order valence-electron chi connectivity index (χ2n) is 4.18. The third kappa shape index (κ3) is 2.69. The van der Waals surface area contributed by atoms with E-state index in [4.69, 9.17) is 5.73 Å². The third-order valence-corrected chi connectivity index (χ3v) is 3.16. The molecule has 0 aliphatic carbocycles. The fourth-order valence-corrected chi connectivity index (χ4v) is 1.55. The van der Waals surface area contributed by atoms with Crippen molar-refractivity contribution in [2.24, 2.45) is 11.7 Å². The van der Waals surface area contributed by atoms with Gasteiger partial charge >= 0.3 is 5.97 Å². The van der Waals surface area contributed by atoms with Gasteiger partial charge in [0.2, 0.25) is 0 Å². The summed E-state index contributed by atoms with van der Waals surface area (Å²) < 4.78 is 0. The molecule has 0 aromatic carbocycles. The van der Waals surface area contributed by atoms with E-state index in [9.17, 15) is 9.90 Å². The van der Waals surface area contributed by atoms with E-state index in [-0.39, 0.29) is 5.92 Å². The number of nitrogens with two attached hydrogens (primary N) is 1. The minimum Gasteiger partial charge on any atom is -0.480 e. The summed E-state index contributed by atoms with van der Waals surface area (Å²) in [6, 6.07) is 0. The Morgan fingerprint density at radius 1 is 1.57 bits per heavy atom. The Hall–Kier alpha value is -0.610. The van der Waals surface area contributed by atoms with Gasteiger partial charge in [0.15, 0.2) is 0 Å². The van der Waals surface area contributed by atoms with Crippen LogP contribution in [-0.2, 0) is 4.79 Å². The van der Waals surface area contributed by atoms with E-state index in [1.807, 2.05) is 6.92 Å². The number of hydrogen-bond acceptors (Lipinski definition) is 3. The molecule has 0 aliphatic rings. The summed E-state index contributed by atoms with van der Waals surface area (Å²) in [7, 11) is 3.60. The van der Waals surface area contributed by atoms with Crippen molar-refractivity contribution < 1.29 is 9.90 Å². The van der Waals surface area contributed by atoms with Crippen LogP contribution in [0.5, 0.6) is 0 Å².